The fraction of sp³-hybridized carbons (Fsp3) is 0.458. The first-order valence-corrected chi connectivity index (χ1v) is 9.62. The van der Waals surface area contributed by atoms with Crippen LogP contribution in [0, 0.1) is 6.07 Å². The number of hydrogen-bond donors (Lipinski definition) is 0. The highest BCUT2D eigenvalue weighted by molar-refractivity contribution is 6.05. The van der Waals surface area contributed by atoms with Gasteiger partial charge in [-0.15, -0.1) is 0 Å². The van der Waals surface area contributed by atoms with E-state index in [0.717, 1.165) is 36.8 Å². The minimum Gasteiger partial charge on any atom is -0.293 e. The summed E-state index contributed by atoms with van der Waals surface area (Å²) in [5.74, 6) is 1.02. The van der Waals surface area contributed by atoms with Gasteiger partial charge in [0, 0.05) is 5.56 Å². The Labute approximate surface area is 152 Å². The van der Waals surface area contributed by atoms with Crippen LogP contribution in [0.3, 0.4) is 0 Å². The second-order valence-electron chi connectivity index (χ2n) is 8.03. The molecule has 1 nitrogen and oxygen atoms in total. The predicted molar refractivity (Wildman–Crippen MR) is 104 cm³/mol. The van der Waals surface area contributed by atoms with Gasteiger partial charge < -0.3 is 0 Å². The van der Waals surface area contributed by atoms with E-state index in [9.17, 15) is 4.79 Å². The summed E-state index contributed by atoms with van der Waals surface area (Å²) < 4.78 is 0. The van der Waals surface area contributed by atoms with Gasteiger partial charge in [0.25, 0.3) is 0 Å². The molecule has 3 rings (SSSR count). The smallest absolute Gasteiger partial charge is 0.173 e. The molecule has 2 aromatic rings. The Balaban J connectivity index is 2.10. The van der Waals surface area contributed by atoms with Gasteiger partial charge in [0.15, 0.2) is 5.78 Å². The van der Waals surface area contributed by atoms with Crippen molar-refractivity contribution in [3.63, 3.8) is 0 Å². The molecular weight excluding hydrogens is 304 g/mol. The van der Waals surface area contributed by atoms with E-state index < -0.39 is 0 Å². The standard InChI is InChI=1S/C24H29O/c1-17(2)19-12-13-21(22(16-19)18(3)4)23(25)24(14-8-9-15-24)20-10-6-5-7-11-20/h5-7,10-13,17-18H,8-9,14-15H2,1-4H3. The highest BCUT2D eigenvalue weighted by Gasteiger charge is 2.43. The maximum atomic E-state index is 13.8. The zero-order valence-electron chi connectivity index (χ0n) is 15.9. The minimum atomic E-state index is -0.349. The van der Waals surface area contributed by atoms with Crippen molar-refractivity contribution in [2.75, 3.05) is 0 Å². The fourth-order valence-electron chi connectivity index (χ4n) is 4.16. The van der Waals surface area contributed by atoms with Crippen molar-refractivity contribution in [2.24, 2.45) is 0 Å². The molecule has 0 aromatic heterocycles. The van der Waals surface area contributed by atoms with Crippen molar-refractivity contribution in [1.82, 2.24) is 0 Å². The SMILES string of the molecule is CC(C)c1[c]c(C(C)C)c(C(=O)C2(c3ccccc3)CCCC2)cc1. The third-order valence-electron chi connectivity index (χ3n) is 5.66. The van der Waals surface area contributed by atoms with Crippen molar-refractivity contribution < 1.29 is 4.79 Å². The molecule has 0 unspecified atom stereocenters. The van der Waals surface area contributed by atoms with E-state index in [1.54, 1.807) is 0 Å². The maximum Gasteiger partial charge on any atom is 0.173 e. The van der Waals surface area contributed by atoms with E-state index in [2.05, 4.69) is 70.2 Å². The predicted octanol–water partition coefficient (Wildman–Crippen LogP) is 6.43. The average Bonchev–Trinajstić information content (AvgIpc) is 3.12. The molecule has 2 aromatic carbocycles. The Morgan fingerprint density at radius 1 is 0.920 bits per heavy atom. The third kappa shape index (κ3) is 3.29. The van der Waals surface area contributed by atoms with Crippen LogP contribution in [0.1, 0.15) is 92.3 Å². The van der Waals surface area contributed by atoms with Crippen molar-refractivity contribution in [3.8, 4) is 0 Å². The van der Waals surface area contributed by atoms with Crippen LogP contribution in [0.15, 0.2) is 42.5 Å². The molecule has 0 amide bonds. The molecular formula is C24H29O. The first-order chi connectivity index (χ1) is 12.0. The van der Waals surface area contributed by atoms with E-state index >= 15 is 0 Å². The first-order valence-electron chi connectivity index (χ1n) is 9.62. The fourth-order valence-corrected chi connectivity index (χ4v) is 4.16. The first kappa shape index (κ1) is 17.9. The second kappa shape index (κ2) is 7.15. The van der Waals surface area contributed by atoms with E-state index in [0.29, 0.717) is 17.6 Å². The molecule has 0 atom stereocenters. The molecule has 1 radical (unpaired) electrons. The van der Waals surface area contributed by atoms with Crippen LogP contribution in [0.25, 0.3) is 0 Å². The zero-order valence-corrected chi connectivity index (χ0v) is 15.9. The molecule has 131 valence electrons. The normalized spacial score (nSPS) is 16.6. The van der Waals surface area contributed by atoms with Crippen molar-refractivity contribution >= 4 is 5.78 Å². The number of hydrogen-bond acceptors (Lipinski definition) is 1. The van der Waals surface area contributed by atoms with Crippen LogP contribution in [-0.4, -0.2) is 5.78 Å². The summed E-state index contributed by atoms with van der Waals surface area (Å²) in [5.41, 5.74) is 3.99. The summed E-state index contributed by atoms with van der Waals surface area (Å²) in [7, 11) is 0. The van der Waals surface area contributed by atoms with Crippen molar-refractivity contribution in [2.45, 2.75) is 70.6 Å². The monoisotopic (exact) mass is 333 g/mol. The Hall–Kier alpha value is -1.89. The van der Waals surface area contributed by atoms with Crippen LogP contribution in [0.2, 0.25) is 0 Å². The Kier molecular flexibility index (Phi) is 5.13. The molecule has 0 N–H and O–H groups in total. The molecule has 0 aliphatic heterocycles. The van der Waals surface area contributed by atoms with Gasteiger partial charge in [0.2, 0.25) is 0 Å². The van der Waals surface area contributed by atoms with Crippen LogP contribution >= 0.6 is 0 Å². The number of ketones is 1. The molecule has 0 spiro atoms. The Bertz CT molecular complexity index is 734. The lowest BCUT2D eigenvalue weighted by Gasteiger charge is -2.30. The molecule has 0 bridgehead atoms. The molecule has 1 aliphatic carbocycles. The van der Waals surface area contributed by atoms with Gasteiger partial charge in [0.1, 0.15) is 0 Å². The summed E-state index contributed by atoms with van der Waals surface area (Å²) >= 11 is 0. The Morgan fingerprint density at radius 2 is 1.56 bits per heavy atom. The second-order valence-corrected chi connectivity index (χ2v) is 8.03. The molecule has 1 aliphatic rings. The molecule has 25 heavy (non-hydrogen) atoms. The van der Waals surface area contributed by atoms with Crippen molar-refractivity contribution in [1.29, 1.82) is 0 Å². The Morgan fingerprint density at radius 3 is 2.12 bits per heavy atom. The maximum absolute atomic E-state index is 13.8. The number of Topliss-reactive ketones (excluding diaryl/α,β-unsaturated/α-hetero) is 1. The van der Waals surface area contributed by atoms with E-state index in [1.807, 2.05) is 6.07 Å². The molecule has 1 heteroatoms. The van der Waals surface area contributed by atoms with Gasteiger partial charge in [-0.05, 0) is 47.4 Å². The van der Waals surface area contributed by atoms with Gasteiger partial charge >= 0.3 is 0 Å². The largest absolute Gasteiger partial charge is 0.293 e. The van der Waals surface area contributed by atoms with Gasteiger partial charge in [-0.3, -0.25) is 4.79 Å². The van der Waals surface area contributed by atoms with E-state index in [4.69, 9.17) is 0 Å². The van der Waals surface area contributed by atoms with Gasteiger partial charge in [-0.25, -0.2) is 0 Å². The molecule has 0 saturated heterocycles. The molecule has 1 fully saturated rings. The summed E-state index contributed by atoms with van der Waals surface area (Å²) in [5, 5.41) is 0. The third-order valence-corrected chi connectivity index (χ3v) is 5.66. The van der Waals surface area contributed by atoms with Crippen LogP contribution in [0.4, 0.5) is 0 Å². The number of rotatable bonds is 5. The minimum absolute atomic E-state index is 0.298. The summed E-state index contributed by atoms with van der Waals surface area (Å²) in [6.45, 7) is 8.69. The highest BCUT2D eigenvalue weighted by atomic mass is 16.1. The lowest BCUT2D eigenvalue weighted by atomic mass is 9.71. The van der Waals surface area contributed by atoms with Crippen molar-refractivity contribution in [3.05, 3.63) is 70.8 Å². The average molecular weight is 333 g/mol. The highest BCUT2D eigenvalue weighted by Crippen LogP contribution is 2.44. The summed E-state index contributed by atoms with van der Waals surface area (Å²) in [6, 6.07) is 18.1. The number of carbonyl (C=O) groups excluding carboxylic acids is 1. The lowest BCUT2D eigenvalue weighted by molar-refractivity contribution is 0.0884. The van der Waals surface area contributed by atoms with E-state index in [-0.39, 0.29) is 5.41 Å². The molecule has 1 saturated carbocycles. The van der Waals surface area contributed by atoms with E-state index in [1.165, 1.54) is 11.1 Å². The van der Waals surface area contributed by atoms with Crippen LogP contribution in [-0.2, 0) is 5.41 Å². The summed E-state index contributed by atoms with van der Waals surface area (Å²) in [6.07, 6.45) is 4.18. The number of benzene rings is 2. The summed E-state index contributed by atoms with van der Waals surface area (Å²) in [4.78, 5) is 13.8. The van der Waals surface area contributed by atoms with Gasteiger partial charge in [-0.1, -0.05) is 83.0 Å². The quantitative estimate of drug-likeness (QED) is 0.576. The molecule has 0 heterocycles. The number of carbonyl (C=O) groups is 1. The lowest BCUT2D eigenvalue weighted by Crippen LogP contribution is -2.34. The van der Waals surface area contributed by atoms with Crippen LogP contribution < -0.4 is 0 Å². The zero-order chi connectivity index (χ0) is 18.0. The van der Waals surface area contributed by atoms with Gasteiger partial charge in [-0.2, -0.15) is 0 Å². The van der Waals surface area contributed by atoms with Crippen LogP contribution in [0.5, 0.6) is 0 Å². The van der Waals surface area contributed by atoms with Gasteiger partial charge in [0.05, 0.1) is 5.41 Å². The topological polar surface area (TPSA) is 17.1 Å².